The molecule has 9 heteroatoms. The highest BCUT2D eigenvalue weighted by molar-refractivity contribution is 6.67. The number of nitrogens with one attached hydrogen (secondary N) is 1. The molecule has 36 heavy (non-hydrogen) atoms. The smallest absolute Gasteiger partial charge is 0.407 e. The molecule has 4 rings (SSSR count). The molecule has 0 heterocycles. The molecule has 0 radical (unpaired) electrons. The highest BCUT2D eigenvalue weighted by atomic mass is 35.6. The van der Waals surface area contributed by atoms with Crippen molar-refractivity contribution < 1.29 is 24.5 Å². The number of hydrogen-bond acceptors (Lipinski definition) is 4. The van der Waals surface area contributed by atoms with Crippen LogP contribution in [0.5, 0.6) is 0 Å². The number of halogens is 3. The number of carboxylic acids is 1. The van der Waals surface area contributed by atoms with Gasteiger partial charge in [-0.1, -0.05) is 55.6 Å². The van der Waals surface area contributed by atoms with E-state index >= 15 is 0 Å². The van der Waals surface area contributed by atoms with Crippen molar-refractivity contribution in [1.29, 1.82) is 0 Å². The predicted octanol–water partition coefficient (Wildman–Crippen LogP) is 6.58. The van der Waals surface area contributed by atoms with Crippen molar-refractivity contribution in [3.05, 3.63) is 0 Å². The third-order valence-electron chi connectivity index (χ3n) is 11.0. The third kappa shape index (κ3) is 5.62. The van der Waals surface area contributed by atoms with Crippen molar-refractivity contribution in [3.8, 4) is 0 Å². The Balaban J connectivity index is 1.41. The fraction of sp³-hybridized carbons (Fsp3) is 0.926. The first kappa shape index (κ1) is 28.6. The molecule has 0 aromatic carbocycles. The Labute approximate surface area is 230 Å². The van der Waals surface area contributed by atoms with Crippen molar-refractivity contribution in [1.82, 2.24) is 5.32 Å². The average molecular weight is 567 g/mol. The molecule has 1 amide bonds. The summed E-state index contributed by atoms with van der Waals surface area (Å²) in [5.74, 6) is 2.25. The zero-order valence-corrected chi connectivity index (χ0v) is 23.9. The van der Waals surface area contributed by atoms with E-state index in [-0.39, 0.29) is 17.4 Å². The molecule has 4 aliphatic rings. The lowest BCUT2D eigenvalue weighted by Crippen LogP contribution is -2.54. The molecule has 0 aromatic heterocycles. The molecule has 6 nitrogen and oxygen atoms in total. The van der Waals surface area contributed by atoms with Gasteiger partial charge in [-0.3, -0.25) is 0 Å². The SMILES string of the molecule is C[C@H](C[C@H](NC(=O)OCC(Cl)(Cl)Cl)C(=O)O)[C@H]1CC[C@H]2[C@@H]3CC[C@@H]4C[C@H](O)CC[C@]4(C)[C@H]3CC[C@]12C. The summed E-state index contributed by atoms with van der Waals surface area (Å²) in [6.07, 6.45) is 9.57. The molecule has 0 aromatic rings. The van der Waals surface area contributed by atoms with Gasteiger partial charge in [0.2, 0.25) is 3.79 Å². The maximum Gasteiger partial charge on any atom is 0.407 e. The number of carboxylic acid groups (broad SMARTS) is 1. The number of aliphatic hydroxyl groups is 1. The maximum absolute atomic E-state index is 12.1. The van der Waals surface area contributed by atoms with Crippen LogP contribution < -0.4 is 5.32 Å². The number of carbonyl (C=O) groups is 2. The van der Waals surface area contributed by atoms with Crippen molar-refractivity contribution in [3.63, 3.8) is 0 Å². The molecule has 10 atom stereocenters. The molecule has 0 spiro atoms. The Morgan fingerprint density at radius 2 is 1.69 bits per heavy atom. The van der Waals surface area contributed by atoms with Crippen LogP contribution in [0.1, 0.15) is 85.0 Å². The Morgan fingerprint density at radius 3 is 2.36 bits per heavy atom. The number of amides is 1. The zero-order chi connectivity index (χ0) is 26.5. The molecular formula is C27H42Cl3NO5. The number of alkyl carbamates (subject to hydrolysis) is 1. The lowest BCUT2D eigenvalue weighted by molar-refractivity contribution is -0.140. The number of ether oxygens (including phenoxy) is 1. The van der Waals surface area contributed by atoms with Gasteiger partial charge in [0.05, 0.1) is 6.10 Å². The van der Waals surface area contributed by atoms with Crippen LogP contribution in [0.2, 0.25) is 0 Å². The number of fused-ring (bicyclic) bond motifs is 5. The number of alkyl halides is 3. The second-order valence-electron chi connectivity index (χ2n) is 12.8. The number of carbonyl (C=O) groups excluding carboxylic acids is 1. The van der Waals surface area contributed by atoms with E-state index < -0.39 is 28.5 Å². The largest absolute Gasteiger partial charge is 0.480 e. The fourth-order valence-corrected chi connectivity index (χ4v) is 9.46. The molecule has 0 bridgehead atoms. The van der Waals surface area contributed by atoms with E-state index in [1.54, 1.807) is 0 Å². The molecule has 3 N–H and O–H groups in total. The van der Waals surface area contributed by atoms with E-state index in [0.717, 1.165) is 37.5 Å². The van der Waals surface area contributed by atoms with Gasteiger partial charge in [-0.25, -0.2) is 9.59 Å². The molecule has 4 saturated carbocycles. The predicted molar refractivity (Wildman–Crippen MR) is 141 cm³/mol. The monoisotopic (exact) mass is 565 g/mol. The Hall–Kier alpha value is -0.430. The van der Waals surface area contributed by atoms with Crippen LogP contribution in [-0.2, 0) is 9.53 Å². The van der Waals surface area contributed by atoms with E-state index in [1.165, 1.54) is 32.1 Å². The second kappa shape index (κ2) is 10.6. The summed E-state index contributed by atoms with van der Waals surface area (Å²) in [5.41, 5.74) is 0.537. The molecule has 4 fully saturated rings. The minimum Gasteiger partial charge on any atom is -0.480 e. The topological polar surface area (TPSA) is 95.9 Å². The van der Waals surface area contributed by atoms with Crippen LogP contribution in [-0.4, -0.2) is 44.8 Å². The van der Waals surface area contributed by atoms with Gasteiger partial charge in [-0.15, -0.1) is 0 Å². The first-order valence-corrected chi connectivity index (χ1v) is 14.8. The molecule has 4 aliphatic carbocycles. The lowest BCUT2D eigenvalue weighted by atomic mass is 9.44. The van der Waals surface area contributed by atoms with Gasteiger partial charge in [0.25, 0.3) is 0 Å². The Kier molecular flexibility index (Phi) is 8.43. The summed E-state index contributed by atoms with van der Waals surface area (Å²) < 4.78 is 3.15. The van der Waals surface area contributed by atoms with Crippen LogP contribution in [0, 0.1) is 46.3 Å². The van der Waals surface area contributed by atoms with Gasteiger partial charge in [-0.2, -0.15) is 0 Å². The van der Waals surface area contributed by atoms with Crippen molar-refractivity contribution >= 4 is 46.9 Å². The molecule has 0 saturated heterocycles. The van der Waals surface area contributed by atoms with E-state index in [0.29, 0.717) is 29.6 Å². The van der Waals surface area contributed by atoms with Gasteiger partial charge >= 0.3 is 12.1 Å². The zero-order valence-electron chi connectivity index (χ0n) is 21.7. The summed E-state index contributed by atoms with van der Waals surface area (Å²) in [5, 5.41) is 22.5. The van der Waals surface area contributed by atoms with Crippen molar-refractivity contribution in [2.45, 2.75) is 101 Å². The van der Waals surface area contributed by atoms with E-state index in [1.807, 2.05) is 0 Å². The van der Waals surface area contributed by atoms with Crippen molar-refractivity contribution in [2.75, 3.05) is 6.61 Å². The average Bonchev–Trinajstić information content (AvgIpc) is 3.14. The number of hydrogen-bond donors (Lipinski definition) is 3. The second-order valence-corrected chi connectivity index (χ2v) is 15.3. The van der Waals surface area contributed by atoms with Crippen LogP contribution in [0.25, 0.3) is 0 Å². The van der Waals surface area contributed by atoms with Crippen LogP contribution in [0.3, 0.4) is 0 Å². The number of aliphatic hydroxyl groups excluding tert-OH is 1. The normalized spacial score (nSPS) is 41.9. The summed E-state index contributed by atoms with van der Waals surface area (Å²) >= 11 is 16.9. The van der Waals surface area contributed by atoms with E-state index in [9.17, 15) is 19.8 Å². The van der Waals surface area contributed by atoms with Crippen molar-refractivity contribution in [2.24, 2.45) is 46.3 Å². The summed E-state index contributed by atoms with van der Waals surface area (Å²) in [4.78, 5) is 24.1. The van der Waals surface area contributed by atoms with Gasteiger partial charge in [-0.05, 0) is 111 Å². The van der Waals surface area contributed by atoms with Crippen LogP contribution >= 0.6 is 34.8 Å². The minimum absolute atomic E-state index is 0.124. The first-order valence-electron chi connectivity index (χ1n) is 13.7. The highest BCUT2D eigenvalue weighted by Crippen LogP contribution is 2.68. The highest BCUT2D eigenvalue weighted by Gasteiger charge is 2.60. The Bertz CT molecular complexity index is 837. The minimum atomic E-state index is -1.75. The Morgan fingerprint density at radius 1 is 1.03 bits per heavy atom. The summed E-state index contributed by atoms with van der Waals surface area (Å²) in [7, 11) is 0. The van der Waals surface area contributed by atoms with Gasteiger partial charge in [0.1, 0.15) is 12.6 Å². The lowest BCUT2D eigenvalue weighted by Gasteiger charge is -2.61. The standard InChI is InChI=1S/C27H42Cl3NO5/c1-15(12-22(23(33)34)31-24(35)36-14-27(28,29)30)19-6-7-20-18-5-4-16-13-17(32)8-10-25(16,2)21(18)9-11-26(19,20)3/h15-22,32H,4-14H2,1-3H3,(H,31,35)(H,33,34)/t15-,16-,17-,18+,19-,20+,21+,22+,25+,26-/m1/s1. The molecule has 0 aliphatic heterocycles. The van der Waals surface area contributed by atoms with Crippen LogP contribution in [0.4, 0.5) is 4.79 Å². The number of rotatable bonds is 6. The van der Waals surface area contributed by atoms with E-state index in [2.05, 4.69) is 26.1 Å². The number of aliphatic carboxylic acids is 1. The van der Waals surface area contributed by atoms with Gasteiger partial charge in [0.15, 0.2) is 0 Å². The first-order chi connectivity index (χ1) is 16.7. The quantitative estimate of drug-likeness (QED) is 0.316. The summed E-state index contributed by atoms with van der Waals surface area (Å²) in [6, 6.07) is -1.05. The van der Waals surface area contributed by atoms with E-state index in [4.69, 9.17) is 39.5 Å². The molecular weight excluding hydrogens is 525 g/mol. The summed E-state index contributed by atoms with van der Waals surface area (Å²) in [6.45, 7) is 6.63. The van der Waals surface area contributed by atoms with Gasteiger partial charge in [0, 0.05) is 0 Å². The van der Waals surface area contributed by atoms with Crippen LogP contribution in [0.15, 0.2) is 0 Å². The third-order valence-corrected chi connectivity index (χ3v) is 11.3. The van der Waals surface area contributed by atoms with Gasteiger partial charge < -0.3 is 20.3 Å². The molecule has 206 valence electrons. The fourth-order valence-electron chi connectivity index (χ4n) is 9.30. The molecule has 0 unspecified atom stereocenters. The maximum atomic E-state index is 12.1.